The van der Waals surface area contributed by atoms with Gasteiger partial charge in [0.15, 0.2) is 10.2 Å². The van der Waals surface area contributed by atoms with Crippen LogP contribution in [-0.4, -0.2) is 33.0 Å². The summed E-state index contributed by atoms with van der Waals surface area (Å²) >= 11 is 8.44. The van der Waals surface area contributed by atoms with Crippen molar-refractivity contribution < 1.29 is 4.58 Å². The van der Waals surface area contributed by atoms with E-state index in [1.54, 1.807) is 11.8 Å². The van der Waals surface area contributed by atoms with Gasteiger partial charge in [-0.2, -0.15) is 0 Å². The highest BCUT2D eigenvalue weighted by Gasteiger charge is 2.47. The number of rotatable bonds is 7. The Labute approximate surface area is 204 Å². The molecule has 2 aliphatic heterocycles. The van der Waals surface area contributed by atoms with Gasteiger partial charge in [-0.1, -0.05) is 63.8 Å². The van der Waals surface area contributed by atoms with E-state index in [1.165, 1.54) is 60.5 Å². The Morgan fingerprint density at radius 1 is 1.16 bits per heavy atom. The molecule has 0 radical (unpaired) electrons. The lowest BCUT2D eigenvalue weighted by molar-refractivity contribution is -0.588. The van der Waals surface area contributed by atoms with Crippen LogP contribution in [0.2, 0.25) is 0 Å². The molecule has 0 saturated heterocycles. The van der Waals surface area contributed by atoms with Gasteiger partial charge < -0.3 is 4.90 Å². The third-order valence-electron chi connectivity index (χ3n) is 7.82. The lowest BCUT2D eigenvalue weighted by atomic mass is 9.84. The molecule has 0 bridgehead atoms. The Balaban J connectivity index is 1.58. The third kappa shape index (κ3) is 4.44. The molecule has 1 fully saturated rings. The van der Waals surface area contributed by atoms with Crippen molar-refractivity contribution in [3.05, 3.63) is 53.8 Å². The van der Waals surface area contributed by atoms with Crippen molar-refractivity contribution in [2.24, 2.45) is 5.92 Å². The number of halogens is 1. The molecule has 2 nitrogen and oxygen atoms in total. The first kappa shape index (κ1) is 24.0. The molecule has 0 N–H and O–H groups in total. The standard InChI is InChI=1S/C28H40ClN2S/c1-6-31-25(32-26(29)28(31,4)5)19-11-18-24-27(2,3)22-16-9-10-17-23(22)30(24)20-12-15-21-13-7-8-14-21/h9-11,16-19,21,26H,6-8,12-15,20H2,1-5H3/q+1. The lowest BCUT2D eigenvalue weighted by Crippen LogP contribution is -2.39. The number of benzene rings is 1. The monoisotopic (exact) mass is 471 g/mol. The number of nitrogens with zero attached hydrogens (tertiary/aromatic N) is 2. The molecular weight excluding hydrogens is 432 g/mol. The van der Waals surface area contributed by atoms with Gasteiger partial charge >= 0.3 is 0 Å². The minimum atomic E-state index is -0.0249. The molecule has 2 heterocycles. The van der Waals surface area contributed by atoms with Gasteiger partial charge in [0.1, 0.15) is 6.54 Å². The highest BCUT2D eigenvalue weighted by Crippen LogP contribution is 2.48. The Bertz CT molecular complexity index is 921. The number of para-hydroxylation sites is 1. The predicted octanol–water partition coefficient (Wildman–Crippen LogP) is 7.72. The number of thioether (sulfide) groups is 1. The lowest BCUT2D eigenvalue weighted by Gasteiger charge is -2.27. The van der Waals surface area contributed by atoms with Crippen LogP contribution in [0.1, 0.15) is 78.7 Å². The molecule has 0 amide bonds. The molecule has 1 aromatic rings. The Hall–Kier alpha value is -1.19. The summed E-state index contributed by atoms with van der Waals surface area (Å²) in [4.78, 5) is 2.59. The Morgan fingerprint density at radius 3 is 2.59 bits per heavy atom. The van der Waals surface area contributed by atoms with Gasteiger partial charge in [-0.05, 0) is 55.2 Å². The molecule has 0 aromatic heterocycles. The smallest absolute Gasteiger partial charge is 0.236 e. The van der Waals surface area contributed by atoms with E-state index in [-0.39, 0.29) is 15.7 Å². The maximum absolute atomic E-state index is 6.66. The zero-order valence-electron chi connectivity index (χ0n) is 20.5. The van der Waals surface area contributed by atoms with Crippen molar-refractivity contribution in [1.82, 2.24) is 0 Å². The van der Waals surface area contributed by atoms with E-state index < -0.39 is 0 Å². The first-order valence-corrected chi connectivity index (χ1v) is 13.8. The van der Waals surface area contributed by atoms with Crippen LogP contribution in [0.15, 0.2) is 48.2 Å². The first-order valence-electron chi connectivity index (χ1n) is 12.5. The van der Waals surface area contributed by atoms with Crippen molar-refractivity contribution in [3.8, 4) is 0 Å². The normalized spacial score (nSPS) is 26.1. The molecule has 4 heteroatoms. The second-order valence-electron chi connectivity index (χ2n) is 10.7. The van der Waals surface area contributed by atoms with Crippen molar-refractivity contribution in [1.29, 1.82) is 0 Å². The van der Waals surface area contributed by atoms with E-state index >= 15 is 0 Å². The minimum Gasteiger partial charge on any atom is -0.344 e. The van der Waals surface area contributed by atoms with Gasteiger partial charge in [-0.25, -0.2) is 4.58 Å². The Morgan fingerprint density at radius 2 is 1.88 bits per heavy atom. The largest absolute Gasteiger partial charge is 0.344 e. The fourth-order valence-electron chi connectivity index (χ4n) is 5.85. The second kappa shape index (κ2) is 9.58. The second-order valence-corrected chi connectivity index (χ2v) is 12.5. The van der Waals surface area contributed by atoms with E-state index in [1.807, 2.05) is 0 Å². The van der Waals surface area contributed by atoms with Gasteiger partial charge in [0.25, 0.3) is 0 Å². The summed E-state index contributed by atoms with van der Waals surface area (Å²) < 4.78 is 2.51. The number of hydrogen-bond donors (Lipinski definition) is 0. The minimum absolute atomic E-state index is 0.0144. The van der Waals surface area contributed by atoms with Crippen LogP contribution in [0.4, 0.5) is 5.69 Å². The summed E-state index contributed by atoms with van der Waals surface area (Å²) in [5, 5.41) is 1.27. The highest BCUT2D eigenvalue weighted by atomic mass is 35.5. The molecule has 4 rings (SSSR count). The van der Waals surface area contributed by atoms with Crippen LogP contribution in [0, 0.1) is 5.92 Å². The topological polar surface area (TPSA) is 6.25 Å². The molecule has 1 aliphatic carbocycles. The molecule has 1 atom stereocenters. The molecular formula is C28H40ClN2S+. The summed E-state index contributed by atoms with van der Waals surface area (Å²) in [6.45, 7) is 13.5. The maximum Gasteiger partial charge on any atom is 0.236 e. The SMILES string of the molecule is CC[N+]1=C(/C=C/C=C2/N(CCCC3CCCC3)c3ccccc3C2(C)C)SC(Cl)C1(C)C. The summed E-state index contributed by atoms with van der Waals surface area (Å²) in [5.74, 6) is 0.954. The van der Waals surface area contributed by atoms with Crippen LogP contribution < -0.4 is 4.90 Å². The highest BCUT2D eigenvalue weighted by molar-refractivity contribution is 8.15. The zero-order chi connectivity index (χ0) is 22.9. The number of fused-ring (bicyclic) bond motifs is 1. The number of hydrogen-bond acceptors (Lipinski definition) is 2. The van der Waals surface area contributed by atoms with Gasteiger partial charge in [0, 0.05) is 43.3 Å². The third-order valence-corrected chi connectivity index (χ3v) is 10.0. The summed E-state index contributed by atoms with van der Waals surface area (Å²) in [7, 11) is 0. The quantitative estimate of drug-likeness (QED) is 0.296. The van der Waals surface area contributed by atoms with Gasteiger partial charge in [-0.3, -0.25) is 0 Å². The Kier molecular flexibility index (Phi) is 7.17. The van der Waals surface area contributed by atoms with Crippen LogP contribution >= 0.6 is 23.4 Å². The summed E-state index contributed by atoms with van der Waals surface area (Å²) in [6, 6.07) is 8.98. The van der Waals surface area contributed by atoms with Crippen molar-refractivity contribution in [2.75, 3.05) is 18.0 Å². The first-order chi connectivity index (χ1) is 15.3. The average molecular weight is 472 g/mol. The van der Waals surface area contributed by atoms with Gasteiger partial charge in [0.05, 0.1) is 0 Å². The maximum atomic E-state index is 6.66. The number of anilines is 1. The van der Waals surface area contributed by atoms with Crippen LogP contribution in [-0.2, 0) is 5.41 Å². The number of allylic oxidation sites excluding steroid dienone is 3. The summed E-state index contributed by atoms with van der Waals surface area (Å²) in [5.41, 5.74) is 4.24. The fourth-order valence-corrected chi connectivity index (χ4v) is 7.52. The van der Waals surface area contributed by atoms with E-state index in [0.29, 0.717) is 0 Å². The van der Waals surface area contributed by atoms with E-state index in [9.17, 15) is 0 Å². The van der Waals surface area contributed by atoms with Crippen molar-refractivity contribution in [2.45, 2.75) is 88.8 Å². The van der Waals surface area contributed by atoms with Crippen LogP contribution in [0.5, 0.6) is 0 Å². The summed E-state index contributed by atoms with van der Waals surface area (Å²) in [6.07, 6.45) is 15.3. The zero-order valence-corrected chi connectivity index (χ0v) is 22.1. The molecule has 0 spiro atoms. The predicted molar refractivity (Wildman–Crippen MR) is 142 cm³/mol. The molecule has 32 heavy (non-hydrogen) atoms. The van der Waals surface area contributed by atoms with E-state index in [2.05, 4.69) is 86.6 Å². The number of alkyl halides is 1. The van der Waals surface area contributed by atoms with Crippen molar-refractivity contribution >= 4 is 34.1 Å². The average Bonchev–Trinajstić information content (AvgIpc) is 3.40. The van der Waals surface area contributed by atoms with E-state index in [4.69, 9.17) is 11.6 Å². The van der Waals surface area contributed by atoms with E-state index in [0.717, 1.165) is 19.0 Å². The molecule has 1 unspecified atom stereocenters. The molecule has 174 valence electrons. The van der Waals surface area contributed by atoms with Gasteiger partial charge in [0.2, 0.25) is 5.04 Å². The van der Waals surface area contributed by atoms with Crippen LogP contribution in [0.3, 0.4) is 0 Å². The fraction of sp³-hybridized carbons (Fsp3) is 0.607. The van der Waals surface area contributed by atoms with Crippen molar-refractivity contribution in [3.63, 3.8) is 0 Å². The van der Waals surface area contributed by atoms with Crippen LogP contribution in [0.25, 0.3) is 0 Å². The molecule has 1 aromatic carbocycles. The molecule has 3 aliphatic rings. The molecule has 1 saturated carbocycles. The van der Waals surface area contributed by atoms with Gasteiger partial charge in [-0.15, -0.1) is 11.6 Å².